The van der Waals surface area contributed by atoms with Gasteiger partial charge in [-0.25, -0.2) is 8.42 Å². The van der Waals surface area contributed by atoms with Crippen LogP contribution in [-0.4, -0.2) is 67.5 Å². The Hall–Kier alpha value is -0.140. The first-order chi connectivity index (χ1) is 11.5. The van der Waals surface area contributed by atoms with Crippen LogP contribution in [0.15, 0.2) is 4.99 Å². The molecule has 1 aliphatic heterocycles. The smallest absolute Gasteiger partial charge is 0.194 e. The van der Waals surface area contributed by atoms with Gasteiger partial charge in [0.05, 0.1) is 22.8 Å². The van der Waals surface area contributed by atoms with Gasteiger partial charge in [0.1, 0.15) is 0 Å². The molecule has 0 unspecified atom stereocenters. The van der Waals surface area contributed by atoms with Gasteiger partial charge in [0.2, 0.25) is 0 Å². The van der Waals surface area contributed by atoms with Crippen LogP contribution in [0.2, 0.25) is 0 Å². The molecule has 0 aromatic heterocycles. The zero-order valence-electron chi connectivity index (χ0n) is 15.0. The Balaban J connectivity index is 0.00000312. The molecule has 0 amide bonds. The van der Waals surface area contributed by atoms with E-state index in [1.165, 1.54) is 0 Å². The number of nitrogens with zero attached hydrogens (tertiary/aromatic N) is 2. The average Bonchev–Trinajstić information content (AvgIpc) is 2.57. The number of sulfone groups is 1. The second-order valence-electron chi connectivity index (χ2n) is 6.48. The Morgan fingerprint density at radius 3 is 2.72 bits per heavy atom. The predicted octanol–water partition coefficient (Wildman–Crippen LogP) is 2.37. The SMILES string of the molecule is C#CCSCCN=C(NCC)N1CCS(=O)(=O)C2(CCCCC2)C1.I. The number of rotatable bonds is 5. The van der Waals surface area contributed by atoms with Crippen molar-refractivity contribution in [3.05, 3.63) is 0 Å². The molecule has 5 nitrogen and oxygen atoms in total. The van der Waals surface area contributed by atoms with E-state index in [1.807, 2.05) is 6.92 Å². The number of thioether (sulfide) groups is 1. The molecule has 1 heterocycles. The standard InChI is InChI=1S/C17H29N3O2S2.HI/c1-3-12-23-13-10-19-16(18-4-2)20-11-14-24(21,22)17(15-20)8-6-5-7-9-17;/h1H,4-15H2,2H3,(H,18,19);1H. The van der Waals surface area contributed by atoms with E-state index < -0.39 is 14.6 Å². The van der Waals surface area contributed by atoms with Gasteiger partial charge < -0.3 is 10.2 Å². The van der Waals surface area contributed by atoms with E-state index in [9.17, 15) is 8.42 Å². The number of nitrogens with one attached hydrogen (secondary N) is 1. The molecule has 0 radical (unpaired) electrons. The van der Waals surface area contributed by atoms with Crippen molar-refractivity contribution in [1.82, 2.24) is 10.2 Å². The average molecular weight is 499 g/mol. The van der Waals surface area contributed by atoms with Crippen molar-refractivity contribution in [2.75, 3.05) is 43.4 Å². The molecule has 2 fully saturated rings. The molecule has 0 aromatic carbocycles. The van der Waals surface area contributed by atoms with Crippen molar-refractivity contribution >= 4 is 51.5 Å². The molecule has 1 spiro atoms. The lowest BCUT2D eigenvalue weighted by molar-refractivity contribution is 0.274. The summed E-state index contributed by atoms with van der Waals surface area (Å²) in [6.07, 6.45) is 10.0. The third kappa shape index (κ3) is 5.93. The zero-order chi connectivity index (χ0) is 17.5. The molecule has 8 heteroatoms. The second kappa shape index (κ2) is 10.9. The van der Waals surface area contributed by atoms with Crippen molar-refractivity contribution in [3.8, 4) is 12.3 Å². The fourth-order valence-electron chi connectivity index (χ4n) is 3.59. The molecule has 2 aliphatic rings. The summed E-state index contributed by atoms with van der Waals surface area (Å²) in [6.45, 7) is 4.64. The summed E-state index contributed by atoms with van der Waals surface area (Å²) < 4.78 is 24.9. The van der Waals surface area contributed by atoms with Crippen LogP contribution in [0.3, 0.4) is 0 Å². The molecule has 25 heavy (non-hydrogen) atoms. The Morgan fingerprint density at radius 1 is 1.36 bits per heavy atom. The molecular formula is C17H30IN3O2S2. The molecule has 1 aliphatic carbocycles. The van der Waals surface area contributed by atoms with Gasteiger partial charge in [-0.1, -0.05) is 25.2 Å². The van der Waals surface area contributed by atoms with Gasteiger partial charge >= 0.3 is 0 Å². The maximum absolute atomic E-state index is 12.7. The third-order valence-electron chi connectivity index (χ3n) is 4.85. The van der Waals surface area contributed by atoms with Crippen LogP contribution < -0.4 is 5.32 Å². The Kier molecular flexibility index (Phi) is 9.96. The molecule has 1 saturated carbocycles. The van der Waals surface area contributed by atoms with Crippen molar-refractivity contribution in [1.29, 1.82) is 0 Å². The molecule has 144 valence electrons. The lowest BCUT2D eigenvalue weighted by atomic mass is 9.87. The van der Waals surface area contributed by atoms with Crippen LogP contribution in [0.1, 0.15) is 39.0 Å². The van der Waals surface area contributed by atoms with E-state index in [0.29, 0.717) is 25.4 Å². The molecule has 0 aromatic rings. The van der Waals surface area contributed by atoms with E-state index in [2.05, 4.69) is 21.1 Å². The summed E-state index contributed by atoms with van der Waals surface area (Å²) in [5.41, 5.74) is 0. The molecule has 1 saturated heterocycles. The van der Waals surface area contributed by atoms with E-state index in [1.54, 1.807) is 11.8 Å². The molecule has 2 rings (SSSR count). The maximum Gasteiger partial charge on any atom is 0.194 e. The quantitative estimate of drug-likeness (QED) is 0.207. The van der Waals surface area contributed by atoms with Gasteiger partial charge in [-0.3, -0.25) is 4.99 Å². The van der Waals surface area contributed by atoms with E-state index in [4.69, 9.17) is 6.42 Å². The Morgan fingerprint density at radius 2 is 2.08 bits per heavy atom. The number of terminal acetylenes is 1. The molecule has 0 bridgehead atoms. The van der Waals surface area contributed by atoms with Crippen LogP contribution in [0.5, 0.6) is 0 Å². The van der Waals surface area contributed by atoms with Gasteiger partial charge in [0.15, 0.2) is 15.8 Å². The first-order valence-corrected chi connectivity index (χ1v) is 11.6. The third-order valence-corrected chi connectivity index (χ3v) is 8.27. The predicted molar refractivity (Wildman–Crippen MR) is 119 cm³/mol. The summed E-state index contributed by atoms with van der Waals surface area (Å²) in [4.78, 5) is 6.84. The summed E-state index contributed by atoms with van der Waals surface area (Å²) in [5.74, 6) is 5.29. The lowest BCUT2D eigenvalue weighted by Gasteiger charge is -2.45. The first-order valence-electron chi connectivity index (χ1n) is 8.81. The van der Waals surface area contributed by atoms with Gasteiger partial charge in [-0.2, -0.15) is 0 Å². The van der Waals surface area contributed by atoms with Crippen LogP contribution in [0.4, 0.5) is 0 Å². The summed E-state index contributed by atoms with van der Waals surface area (Å²) in [6, 6.07) is 0. The number of hydrogen-bond acceptors (Lipinski definition) is 4. The minimum Gasteiger partial charge on any atom is -0.357 e. The summed E-state index contributed by atoms with van der Waals surface area (Å²) in [5, 5.41) is 3.32. The summed E-state index contributed by atoms with van der Waals surface area (Å²) >= 11 is 1.70. The first kappa shape index (κ1) is 22.9. The number of guanidine groups is 1. The molecule has 1 N–H and O–H groups in total. The van der Waals surface area contributed by atoms with E-state index in [0.717, 1.165) is 50.4 Å². The van der Waals surface area contributed by atoms with Crippen LogP contribution >= 0.6 is 35.7 Å². The van der Waals surface area contributed by atoms with Crippen molar-refractivity contribution in [3.63, 3.8) is 0 Å². The van der Waals surface area contributed by atoms with Gasteiger partial charge in [-0.15, -0.1) is 42.2 Å². The maximum atomic E-state index is 12.7. The minimum absolute atomic E-state index is 0. The number of halogens is 1. The van der Waals surface area contributed by atoms with Gasteiger partial charge in [0, 0.05) is 25.4 Å². The van der Waals surface area contributed by atoms with Crippen molar-refractivity contribution < 1.29 is 8.42 Å². The highest BCUT2D eigenvalue weighted by atomic mass is 127. The molecular weight excluding hydrogens is 469 g/mol. The van der Waals surface area contributed by atoms with E-state index in [-0.39, 0.29) is 29.7 Å². The summed E-state index contributed by atoms with van der Waals surface area (Å²) in [7, 11) is -3.01. The Bertz CT molecular complexity index is 581. The number of hydrogen-bond donors (Lipinski definition) is 1. The van der Waals surface area contributed by atoms with Gasteiger partial charge in [0.25, 0.3) is 0 Å². The molecule has 0 atom stereocenters. The minimum atomic E-state index is -3.01. The Labute approximate surface area is 174 Å². The zero-order valence-corrected chi connectivity index (χ0v) is 19.0. The van der Waals surface area contributed by atoms with Crippen LogP contribution in [0.25, 0.3) is 0 Å². The largest absolute Gasteiger partial charge is 0.357 e. The highest BCUT2D eigenvalue weighted by Crippen LogP contribution is 2.38. The van der Waals surface area contributed by atoms with Gasteiger partial charge in [-0.05, 0) is 19.8 Å². The topological polar surface area (TPSA) is 61.8 Å². The highest BCUT2D eigenvalue weighted by molar-refractivity contribution is 14.0. The van der Waals surface area contributed by atoms with E-state index >= 15 is 0 Å². The normalized spacial score (nSPS) is 22.1. The van der Waals surface area contributed by atoms with Crippen molar-refractivity contribution in [2.24, 2.45) is 4.99 Å². The van der Waals surface area contributed by atoms with Crippen LogP contribution in [-0.2, 0) is 9.84 Å². The van der Waals surface area contributed by atoms with Crippen molar-refractivity contribution in [2.45, 2.75) is 43.8 Å². The van der Waals surface area contributed by atoms with Crippen LogP contribution in [0, 0.1) is 12.3 Å². The fraction of sp³-hybridized carbons (Fsp3) is 0.824. The highest BCUT2D eigenvalue weighted by Gasteiger charge is 2.48. The second-order valence-corrected chi connectivity index (χ2v) is 10.1. The lowest BCUT2D eigenvalue weighted by Crippen LogP contribution is -2.60. The monoisotopic (exact) mass is 499 g/mol. The number of aliphatic imine (C=N–C) groups is 1. The fourth-order valence-corrected chi connectivity index (χ4v) is 6.23.